The summed E-state index contributed by atoms with van der Waals surface area (Å²) >= 11 is 3.51. The monoisotopic (exact) mass is 801 g/mol. The summed E-state index contributed by atoms with van der Waals surface area (Å²) in [5, 5.41) is 47.5. The van der Waals surface area contributed by atoms with Crippen LogP contribution in [0, 0.1) is 0 Å². The van der Waals surface area contributed by atoms with E-state index < -0.39 is 47.1 Å². The molecule has 2 atom stereocenters. The van der Waals surface area contributed by atoms with Crippen molar-refractivity contribution < 1.29 is 39.6 Å². The standard InChI is InChI=1S/C34H27N9O9S3/c35-34-38-19(14-55-34)24(42-52-11-23-36-10-22(46)28(47)39-23)29(48)40-25-31(49)43-26(33(50)51)17(13-54-32(25)43)12-53-30-18(16-6-7-20(44)21(45)8-16)9-37-27(41-30)15-4-2-1-3-5-15/h1-10,14,25,32,44-46H,11-13H2,(H2,35,38)(H,40,48)(H,50,51)(H,36,39,47)/b42-24-/t25-,32-/m1/s1. The first kappa shape index (κ1) is 36.9. The van der Waals surface area contributed by atoms with Crippen LogP contribution >= 0.6 is 34.9 Å². The molecule has 7 rings (SSSR count). The maximum Gasteiger partial charge on any atom is 0.352 e. The number of benzene rings is 2. The number of carbonyl (C=O) groups is 3. The van der Waals surface area contributed by atoms with Crippen LogP contribution in [0.25, 0.3) is 22.5 Å². The highest BCUT2D eigenvalue weighted by atomic mass is 32.2. The Morgan fingerprint density at radius 1 is 1.05 bits per heavy atom. The van der Waals surface area contributed by atoms with Gasteiger partial charge in [-0.1, -0.05) is 41.6 Å². The van der Waals surface area contributed by atoms with Crippen LogP contribution in [0.1, 0.15) is 11.5 Å². The van der Waals surface area contributed by atoms with E-state index in [9.17, 15) is 39.6 Å². The molecule has 5 aromatic rings. The molecule has 0 spiro atoms. The lowest BCUT2D eigenvalue weighted by Crippen LogP contribution is -2.71. The summed E-state index contributed by atoms with van der Waals surface area (Å²) in [7, 11) is 0. The maximum atomic E-state index is 13.5. The predicted octanol–water partition coefficient (Wildman–Crippen LogP) is 2.50. The van der Waals surface area contributed by atoms with Gasteiger partial charge >= 0.3 is 11.5 Å². The van der Waals surface area contributed by atoms with E-state index in [1.54, 1.807) is 12.3 Å². The number of phenols is 2. The zero-order valence-electron chi connectivity index (χ0n) is 27.9. The van der Waals surface area contributed by atoms with Gasteiger partial charge in [-0.05, 0) is 23.3 Å². The molecule has 0 bridgehead atoms. The number of nitrogens with one attached hydrogen (secondary N) is 2. The Morgan fingerprint density at radius 2 is 1.85 bits per heavy atom. The average molecular weight is 802 g/mol. The summed E-state index contributed by atoms with van der Waals surface area (Å²) in [5.41, 5.74) is 6.58. The highest BCUT2D eigenvalue weighted by Gasteiger charge is 2.54. The molecule has 1 fully saturated rings. The minimum absolute atomic E-state index is 0.00157. The molecule has 0 aliphatic carbocycles. The van der Waals surface area contributed by atoms with Crippen molar-refractivity contribution in [3.05, 3.63) is 99.4 Å². The van der Waals surface area contributed by atoms with Crippen LogP contribution in [-0.2, 0) is 25.8 Å². The number of aliphatic carboxylic acids is 1. The Hall–Kier alpha value is -6.45. The topological polar surface area (TPSA) is 279 Å². The van der Waals surface area contributed by atoms with E-state index in [2.05, 4.69) is 30.4 Å². The van der Waals surface area contributed by atoms with E-state index in [0.29, 0.717) is 27.6 Å². The average Bonchev–Trinajstić information content (AvgIpc) is 3.62. The van der Waals surface area contributed by atoms with Crippen molar-refractivity contribution in [3.8, 4) is 39.8 Å². The van der Waals surface area contributed by atoms with Crippen LogP contribution in [0.2, 0.25) is 0 Å². The summed E-state index contributed by atoms with van der Waals surface area (Å²) < 4.78 is 0. The van der Waals surface area contributed by atoms with Gasteiger partial charge < -0.3 is 41.3 Å². The molecule has 8 N–H and O–H groups in total. The number of aromatic nitrogens is 5. The number of nitrogens with two attached hydrogens (primary N) is 1. The van der Waals surface area contributed by atoms with Gasteiger partial charge in [0.2, 0.25) is 0 Å². The predicted molar refractivity (Wildman–Crippen MR) is 201 cm³/mol. The number of carboxylic acids is 1. The summed E-state index contributed by atoms with van der Waals surface area (Å²) in [4.78, 5) is 77.3. The summed E-state index contributed by atoms with van der Waals surface area (Å²) in [5.74, 6) is -3.35. The number of nitrogens with zero attached hydrogens (tertiary/aromatic N) is 6. The van der Waals surface area contributed by atoms with Gasteiger partial charge in [0.05, 0.1) is 6.20 Å². The zero-order chi connectivity index (χ0) is 38.8. The lowest BCUT2D eigenvalue weighted by Gasteiger charge is -2.49. The van der Waals surface area contributed by atoms with Gasteiger partial charge in [-0.15, -0.1) is 34.9 Å². The van der Waals surface area contributed by atoms with E-state index in [4.69, 9.17) is 15.6 Å². The molecule has 0 radical (unpaired) electrons. The molecule has 2 aliphatic rings. The summed E-state index contributed by atoms with van der Waals surface area (Å²) in [6.07, 6.45) is 2.60. The van der Waals surface area contributed by atoms with Crippen molar-refractivity contribution in [2.45, 2.75) is 23.0 Å². The lowest BCUT2D eigenvalue weighted by molar-refractivity contribution is -0.150. The van der Waals surface area contributed by atoms with Crippen molar-refractivity contribution in [2.75, 3.05) is 17.2 Å². The second-order valence-electron chi connectivity index (χ2n) is 11.7. The van der Waals surface area contributed by atoms with Gasteiger partial charge in [0, 0.05) is 34.2 Å². The van der Waals surface area contributed by atoms with Crippen molar-refractivity contribution in [1.82, 2.24) is 35.1 Å². The van der Waals surface area contributed by atoms with Crippen molar-refractivity contribution in [1.29, 1.82) is 0 Å². The van der Waals surface area contributed by atoms with E-state index in [-0.39, 0.29) is 51.1 Å². The molecule has 21 heteroatoms. The third kappa shape index (κ3) is 7.65. The molecule has 2 aliphatic heterocycles. The summed E-state index contributed by atoms with van der Waals surface area (Å²) in [6, 6.07) is 12.4. The number of phenolic OH excluding ortho intramolecular Hbond substituents is 2. The van der Waals surface area contributed by atoms with Crippen molar-refractivity contribution in [2.24, 2.45) is 5.16 Å². The summed E-state index contributed by atoms with van der Waals surface area (Å²) in [6.45, 7) is -0.393. The minimum atomic E-state index is -1.33. The van der Waals surface area contributed by atoms with Crippen LogP contribution in [0.3, 0.4) is 0 Å². The highest BCUT2D eigenvalue weighted by molar-refractivity contribution is 8.01. The first-order chi connectivity index (χ1) is 26.5. The van der Waals surface area contributed by atoms with Crippen LogP contribution in [-0.4, -0.2) is 96.7 Å². The number of carbonyl (C=O) groups excluding carboxylic acids is 2. The lowest BCUT2D eigenvalue weighted by atomic mass is 10.0. The maximum absolute atomic E-state index is 13.5. The van der Waals surface area contributed by atoms with Gasteiger partial charge in [0.15, 0.2) is 46.3 Å². The fourth-order valence-electron chi connectivity index (χ4n) is 5.51. The van der Waals surface area contributed by atoms with E-state index in [1.807, 2.05) is 30.3 Å². The first-order valence-corrected chi connectivity index (χ1v) is 18.9. The third-order valence-corrected chi connectivity index (χ3v) is 11.3. The third-order valence-electron chi connectivity index (χ3n) is 8.16. The van der Waals surface area contributed by atoms with Crippen LogP contribution < -0.4 is 16.6 Å². The van der Waals surface area contributed by atoms with Crippen LogP contribution in [0.5, 0.6) is 17.2 Å². The second-order valence-corrected chi connectivity index (χ2v) is 14.7. The number of H-pyrrole nitrogens is 1. The van der Waals surface area contributed by atoms with E-state index >= 15 is 0 Å². The number of thiazole rings is 1. The molecular formula is C34H27N9O9S3. The SMILES string of the molecule is Nc1nc(/C(=N/OCc2nc(=O)c(O)c[nH]2)C(=O)N[C@@H]2C(=O)N3C(C(=O)O)=C(CSc4nc(-c5ccccc5)ncc4-c4ccc(O)c(O)c4)CS[C@H]23)cs1. The number of hydrogen-bond donors (Lipinski definition) is 7. The number of anilines is 1. The van der Waals surface area contributed by atoms with Gasteiger partial charge in [0.1, 0.15) is 27.8 Å². The first-order valence-electron chi connectivity index (χ1n) is 16.0. The molecule has 2 aromatic carbocycles. The van der Waals surface area contributed by atoms with Crippen molar-refractivity contribution in [3.63, 3.8) is 0 Å². The van der Waals surface area contributed by atoms with Gasteiger partial charge in [-0.3, -0.25) is 19.3 Å². The fourth-order valence-corrected chi connectivity index (χ4v) is 8.56. The van der Waals surface area contributed by atoms with Gasteiger partial charge in [-0.25, -0.2) is 19.7 Å². The van der Waals surface area contributed by atoms with Gasteiger partial charge in [-0.2, -0.15) is 4.98 Å². The molecular weight excluding hydrogens is 775 g/mol. The smallest absolute Gasteiger partial charge is 0.352 e. The van der Waals surface area contributed by atoms with E-state index in [0.717, 1.165) is 28.0 Å². The molecule has 18 nitrogen and oxygen atoms in total. The molecule has 55 heavy (non-hydrogen) atoms. The number of carboxylic acid groups (broad SMARTS) is 1. The normalized spacial score (nSPS) is 16.7. The molecule has 1 saturated heterocycles. The number of β-lactam (4-membered cyclic amide) rings is 1. The number of nitrogen functional groups attached to an aromatic ring is 1. The second kappa shape index (κ2) is 15.5. The number of amides is 2. The van der Waals surface area contributed by atoms with Gasteiger partial charge in [0.25, 0.3) is 11.8 Å². The van der Waals surface area contributed by atoms with Crippen molar-refractivity contribution >= 4 is 63.5 Å². The molecule has 2 amide bonds. The van der Waals surface area contributed by atoms with E-state index in [1.165, 1.54) is 41.0 Å². The Labute approximate surface area is 321 Å². The molecule has 0 unspecified atom stereocenters. The highest BCUT2D eigenvalue weighted by Crippen LogP contribution is 2.43. The number of oxime groups is 1. The van der Waals surface area contributed by atoms with Crippen LogP contribution in [0.4, 0.5) is 5.13 Å². The largest absolute Gasteiger partial charge is 0.504 e. The number of fused-ring (bicyclic) bond motifs is 1. The number of hydrogen-bond acceptors (Lipinski definition) is 17. The molecule has 5 heterocycles. The quantitative estimate of drug-likeness (QED) is 0.0238. The Kier molecular flexibility index (Phi) is 10.4. The zero-order valence-corrected chi connectivity index (χ0v) is 30.4. The molecule has 3 aromatic heterocycles. The fraction of sp³-hybridized carbons (Fsp3) is 0.147. The number of thioether (sulfide) groups is 2. The Bertz CT molecular complexity index is 2460. The Balaban J connectivity index is 1.10. The minimum Gasteiger partial charge on any atom is -0.504 e. The van der Waals surface area contributed by atoms with Crippen LogP contribution in [0.15, 0.2) is 92.6 Å². The number of rotatable bonds is 12. The number of aromatic hydroxyl groups is 3. The Morgan fingerprint density at radius 3 is 2.56 bits per heavy atom. The molecule has 0 saturated carbocycles. The molecule has 280 valence electrons. The number of aromatic amines is 1.